The molecule has 1 N–H and O–H groups in total. The van der Waals surface area contributed by atoms with Crippen LogP contribution in [0, 0.1) is 0 Å². The molecule has 5 heteroatoms. The highest BCUT2D eigenvalue weighted by Crippen LogP contribution is 2.17. The van der Waals surface area contributed by atoms with Crippen molar-refractivity contribution in [2.75, 3.05) is 0 Å². The Bertz CT molecular complexity index is 433. The van der Waals surface area contributed by atoms with Gasteiger partial charge in [-0.1, -0.05) is 44.7 Å². The van der Waals surface area contributed by atoms with E-state index in [9.17, 15) is 9.59 Å². The molecule has 0 aliphatic rings. The number of halogens is 1. The van der Waals surface area contributed by atoms with Crippen LogP contribution in [0.25, 0.3) is 0 Å². The summed E-state index contributed by atoms with van der Waals surface area (Å²) in [5.41, 5.74) is -0.717. The van der Waals surface area contributed by atoms with Crippen molar-refractivity contribution >= 4 is 11.6 Å². The molecule has 1 aromatic heterocycles. The van der Waals surface area contributed by atoms with Crippen LogP contribution in [0.2, 0.25) is 5.15 Å². The molecule has 17 heavy (non-hydrogen) atoms. The zero-order chi connectivity index (χ0) is 12.8. The minimum Gasteiger partial charge on any atom is -0.298 e. The molecular formula is C12H19ClN2O2. The lowest BCUT2D eigenvalue weighted by atomic mass is 10.1. The summed E-state index contributed by atoms with van der Waals surface area (Å²) >= 11 is 5.64. The lowest BCUT2D eigenvalue weighted by Gasteiger charge is -2.17. The van der Waals surface area contributed by atoms with Gasteiger partial charge in [0.15, 0.2) is 0 Å². The molecule has 0 spiro atoms. The molecular weight excluding hydrogens is 240 g/mol. The Morgan fingerprint density at radius 3 is 2.53 bits per heavy atom. The highest BCUT2D eigenvalue weighted by molar-refractivity contribution is 6.29. The monoisotopic (exact) mass is 258 g/mol. The van der Waals surface area contributed by atoms with Crippen LogP contribution in [0.15, 0.2) is 15.7 Å². The molecule has 0 saturated carbocycles. The van der Waals surface area contributed by atoms with Gasteiger partial charge in [-0.2, -0.15) is 0 Å². The maximum atomic E-state index is 11.8. The third-order valence-electron chi connectivity index (χ3n) is 2.81. The Morgan fingerprint density at radius 1 is 1.29 bits per heavy atom. The fourth-order valence-electron chi connectivity index (χ4n) is 2.00. The van der Waals surface area contributed by atoms with Gasteiger partial charge >= 0.3 is 5.69 Å². The van der Waals surface area contributed by atoms with E-state index in [0.29, 0.717) is 0 Å². The highest BCUT2D eigenvalue weighted by Gasteiger charge is 2.14. The number of rotatable bonds is 6. The second-order valence-corrected chi connectivity index (χ2v) is 4.62. The lowest BCUT2D eigenvalue weighted by Crippen LogP contribution is -2.37. The third-order valence-corrected chi connectivity index (χ3v) is 3.01. The van der Waals surface area contributed by atoms with E-state index in [2.05, 4.69) is 11.9 Å². The van der Waals surface area contributed by atoms with E-state index in [4.69, 9.17) is 11.6 Å². The predicted octanol–water partition coefficient (Wildman–Crippen LogP) is 2.72. The summed E-state index contributed by atoms with van der Waals surface area (Å²) in [7, 11) is 0. The summed E-state index contributed by atoms with van der Waals surface area (Å²) in [5, 5.41) is 0.0991. The van der Waals surface area contributed by atoms with Gasteiger partial charge in [-0.25, -0.2) is 4.79 Å². The minimum absolute atomic E-state index is 0.0199. The maximum absolute atomic E-state index is 11.8. The van der Waals surface area contributed by atoms with Gasteiger partial charge < -0.3 is 0 Å². The van der Waals surface area contributed by atoms with Crippen LogP contribution >= 0.6 is 11.6 Å². The topological polar surface area (TPSA) is 54.9 Å². The fourth-order valence-corrected chi connectivity index (χ4v) is 2.17. The average molecular weight is 259 g/mol. The van der Waals surface area contributed by atoms with Crippen LogP contribution in [0.3, 0.4) is 0 Å². The van der Waals surface area contributed by atoms with E-state index in [-0.39, 0.29) is 16.8 Å². The van der Waals surface area contributed by atoms with Crippen LogP contribution in [-0.4, -0.2) is 9.55 Å². The summed E-state index contributed by atoms with van der Waals surface area (Å²) in [6, 6.07) is 1.24. The first kappa shape index (κ1) is 14.0. The molecule has 0 amide bonds. The van der Waals surface area contributed by atoms with Gasteiger partial charge in [-0.05, 0) is 12.8 Å². The first-order valence-electron chi connectivity index (χ1n) is 6.11. The number of hydrogen-bond acceptors (Lipinski definition) is 2. The standard InChI is InChI=1S/C12H19ClN2O2/c1-3-5-7-9(6-4-2)15-11(16)8-10(13)14-12(15)17/h8-9H,3-7H2,1-2H3,(H,14,17). The van der Waals surface area contributed by atoms with Crippen LogP contribution in [0.5, 0.6) is 0 Å². The van der Waals surface area contributed by atoms with Crippen molar-refractivity contribution in [2.45, 2.75) is 52.0 Å². The minimum atomic E-state index is -0.406. The van der Waals surface area contributed by atoms with Gasteiger partial charge in [0, 0.05) is 12.1 Å². The van der Waals surface area contributed by atoms with E-state index in [1.807, 2.05) is 6.92 Å². The molecule has 0 radical (unpaired) electrons. The molecule has 0 aliphatic heterocycles. The molecule has 0 aromatic carbocycles. The molecule has 0 saturated heterocycles. The fraction of sp³-hybridized carbons (Fsp3) is 0.667. The first-order valence-corrected chi connectivity index (χ1v) is 6.49. The van der Waals surface area contributed by atoms with Gasteiger partial charge in [-0.3, -0.25) is 14.3 Å². The van der Waals surface area contributed by atoms with Crippen LogP contribution < -0.4 is 11.2 Å². The molecule has 1 atom stereocenters. The smallest absolute Gasteiger partial charge is 0.298 e. The van der Waals surface area contributed by atoms with Crippen molar-refractivity contribution < 1.29 is 0 Å². The Morgan fingerprint density at radius 2 is 2.00 bits per heavy atom. The number of unbranched alkanes of at least 4 members (excludes halogenated alkanes) is 1. The number of aromatic nitrogens is 2. The second kappa shape index (κ2) is 6.64. The molecule has 1 aromatic rings. The predicted molar refractivity (Wildman–Crippen MR) is 69.8 cm³/mol. The molecule has 4 nitrogen and oxygen atoms in total. The Labute approximate surface area is 106 Å². The Balaban J connectivity index is 3.09. The van der Waals surface area contributed by atoms with Crippen molar-refractivity contribution in [1.82, 2.24) is 9.55 Å². The maximum Gasteiger partial charge on any atom is 0.329 e. The summed E-state index contributed by atoms with van der Waals surface area (Å²) in [6.07, 6.45) is 4.71. The molecule has 96 valence electrons. The molecule has 1 unspecified atom stereocenters. The molecule has 0 bridgehead atoms. The number of nitrogens with zero attached hydrogens (tertiary/aromatic N) is 1. The van der Waals surface area contributed by atoms with Crippen LogP contribution in [0.1, 0.15) is 52.0 Å². The number of hydrogen-bond donors (Lipinski definition) is 1. The van der Waals surface area contributed by atoms with E-state index >= 15 is 0 Å². The van der Waals surface area contributed by atoms with Crippen LogP contribution in [0.4, 0.5) is 0 Å². The first-order chi connectivity index (χ1) is 8.10. The lowest BCUT2D eigenvalue weighted by molar-refractivity contribution is 0.393. The van der Waals surface area contributed by atoms with Gasteiger partial charge in [0.1, 0.15) is 5.15 Å². The van der Waals surface area contributed by atoms with E-state index in [1.54, 1.807) is 0 Å². The summed E-state index contributed by atoms with van der Waals surface area (Å²) in [5.74, 6) is 0. The van der Waals surface area contributed by atoms with Crippen LogP contribution in [-0.2, 0) is 0 Å². The Kier molecular flexibility index (Phi) is 5.48. The number of aromatic amines is 1. The zero-order valence-corrected chi connectivity index (χ0v) is 11.1. The Hall–Kier alpha value is -1.03. The van der Waals surface area contributed by atoms with Gasteiger partial charge in [-0.15, -0.1) is 0 Å². The highest BCUT2D eigenvalue weighted by atomic mass is 35.5. The van der Waals surface area contributed by atoms with Gasteiger partial charge in [0.2, 0.25) is 0 Å². The molecule has 0 aliphatic carbocycles. The second-order valence-electron chi connectivity index (χ2n) is 4.22. The summed E-state index contributed by atoms with van der Waals surface area (Å²) < 4.78 is 1.30. The van der Waals surface area contributed by atoms with E-state index in [1.165, 1.54) is 10.6 Å². The van der Waals surface area contributed by atoms with Gasteiger partial charge in [0.25, 0.3) is 5.56 Å². The quantitative estimate of drug-likeness (QED) is 0.798. The van der Waals surface area contributed by atoms with Crippen molar-refractivity contribution in [1.29, 1.82) is 0 Å². The number of nitrogens with one attached hydrogen (secondary N) is 1. The largest absolute Gasteiger partial charge is 0.329 e. The average Bonchev–Trinajstić information content (AvgIpc) is 2.24. The van der Waals surface area contributed by atoms with E-state index in [0.717, 1.165) is 32.1 Å². The van der Waals surface area contributed by atoms with Crippen molar-refractivity contribution in [2.24, 2.45) is 0 Å². The third kappa shape index (κ3) is 3.73. The van der Waals surface area contributed by atoms with Crippen molar-refractivity contribution in [3.63, 3.8) is 0 Å². The zero-order valence-electron chi connectivity index (χ0n) is 10.3. The van der Waals surface area contributed by atoms with E-state index < -0.39 is 5.69 Å². The SMILES string of the molecule is CCCCC(CCC)n1c(=O)cc(Cl)[nH]c1=O. The number of H-pyrrole nitrogens is 1. The summed E-state index contributed by atoms with van der Waals surface area (Å²) in [4.78, 5) is 26.0. The molecule has 0 fully saturated rings. The normalized spacial score (nSPS) is 12.6. The van der Waals surface area contributed by atoms with Gasteiger partial charge in [0.05, 0.1) is 0 Å². The van der Waals surface area contributed by atoms with Crippen molar-refractivity contribution in [3.8, 4) is 0 Å². The van der Waals surface area contributed by atoms with Crippen molar-refractivity contribution in [3.05, 3.63) is 32.1 Å². The summed E-state index contributed by atoms with van der Waals surface area (Å²) in [6.45, 7) is 4.14. The molecule has 1 heterocycles. The molecule has 1 rings (SSSR count).